The molecule has 0 aliphatic rings. The maximum atomic E-state index is 12.6. The van der Waals surface area contributed by atoms with Gasteiger partial charge in [-0.2, -0.15) is 0 Å². The topological polar surface area (TPSA) is 90.0 Å². The van der Waals surface area contributed by atoms with Crippen LogP contribution in [0.25, 0.3) is 0 Å². The highest BCUT2D eigenvalue weighted by atomic mass is 32.2. The number of esters is 1. The first kappa shape index (κ1) is 21.7. The summed E-state index contributed by atoms with van der Waals surface area (Å²) in [4.78, 5) is 29.6. The molecular weight excluding hydrogens is 382 g/mol. The summed E-state index contributed by atoms with van der Waals surface area (Å²) in [7, 11) is -1.31. The molecule has 1 atom stereocenters. The summed E-state index contributed by atoms with van der Waals surface area (Å²) in [5.41, 5.74) is 2.38. The van der Waals surface area contributed by atoms with Crippen LogP contribution in [0.4, 0.5) is 0 Å². The number of ether oxygens (including phenoxy) is 1. The molecule has 0 aromatic heterocycles. The molecule has 0 unspecified atom stereocenters. The molecule has 0 bridgehead atoms. The molecular formula is C20H23NO6S. The fourth-order valence-corrected chi connectivity index (χ4v) is 3.49. The van der Waals surface area contributed by atoms with Gasteiger partial charge in [-0.1, -0.05) is 22.2 Å². The van der Waals surface area contributed by atoms with Gasteiger partial charge in [-0.25, -0.2) is 13.2 Å². The van der Waals surface area contributed by atoms with Gasteiger partial charge in [0.15, 0.2) is 6.10 Å². The Morgan fingerprint density at radius 2 is 1.64 bits per heavy atom. The quantitative estimate of drug-likeness (QED) is 0.400. The summed E-state index contributed by atoms with van der Waals surface area (Å²) in [5.74, 6) is -1.01. The third-order valence-electron chi connectivity index (χ3n) is 4.30. The first-order valence-corrected chi connectivity index (χ1v) is 9.97. The molecule has 0 spiro atoms. The molecule has 28 heavy (non-hydrogen) atoms. The summed E-state index contributed by atoms with van der Waals surface area (Å²) >= 11 is 0. The Labute approximate surface area is 164 Å². The molecule has 2 rings (SSSR count). The Balaban J connectivity index is 2.14. The molecule has 0 saturated carbocycles. The lowest BCUT2D eigenvalue weighted by molar-refractivity contribution is -0.0258. The average Bonchev–Trinajstić information content (AvgIpc) is 2.68. The molecule has 8 heteroatoms. The maximum absolute atomic E-state index is 12.6. The van der Waals surface area contributed by atoms with E-state index in [4.69, 9.17) is 9.57 Å². The number of Topliss-reactive ketones (excluding diaryl/α,β-unsaturated/α-hetero) is 1. The molecule has 2 aromatic carbocycles. The van der Waals surface area contributed by atoms with Gasteiger partial charge in [0, 0.05) is 12.6 Å². The van der Waals surface area contributed by atoms with Crippen molar-refractivity contribution in [3.05, 3.63) is 64.7 Å². The van der Waals surface area contributed by atoms with Gasteiger partial charge in [0.2, 0.25) is 5.78 Å². The van der Waals surface area contributed by atoms with Crippen LogP contribution in [0.2, 0.25) is 0 Å². The van der Waals surface area contributed by atoms with Crippen molar-refractivity contribution in [2.24, 2.45) is 0 Å². The average molecular weight is 405 g/mol. The van der Waals surface area contributed by atoms with E-state index in [1.165, 1.54) is 45.3 Å². The molecule has 0 radical (unpaired) electrons. The molecule has 2 aromatic rings. The molecule has 0 fully saturated rings. The van der Waals surface area contributed by atoms with Crippen molar-refractivity contribution in [3.63, 3.8) is 0 Å². The van der Waals surface area contributed by atoms with Crippen molar-refractivity contribution in [3.8, 4) is 0 Å². The Kier molecular flexibility index (Phi) is 6.71. The lowest BCUT2D eigenvalue weighted by atomic mass is 9.99. The molecule has 7 nitrogen and oxygen atoms in total. The predicted octanol–water partition coefficient (Wildman–Crippen LogP) is 2.91. The van der Waals surface area contributed by atoms with Crippen molar-refractivity contribution in [2.45, 2.75) is 31.8 Å². The second-order valence-corrected chi connectivity index (χ2v) is 8.29. The van der Waals surface area contributed by atoms with Crippen LogP contribution in [0.1, 0.15) is 38.8 Å². The van der Waals surface area contributed by atoms with Gasteiger partial charge in [-0.15, -0.1) is 0 Å². The second-order valence-electron chi connectivity index (χ2n) is 6.35. The highest BCUT2D eigenvalue weighted by molar-refractivity contribution is 7.89. The molecule has 0 N–H and O–H groups in total. The van der Waals surface area contributed by atoms with Gasteiger partial charge in [0.25, 0.3) is 10.0 Å². The largest absolute Gasteiger partial charge is 0.451 e. The normalized spacial score (nSPS) is 12.6. The standard InChI is InChI=1S/C20H23NO6S/c1-13-6-7-14(2)18(12-13)19(22)15(3)27-20(23)16-8-10-17(11-9-16)28(24,25)21(4)26-5/h6-12,15H,1-5H3/t15-/m1/s1. The maximum Gasteiger partial charge on any atom is 0.338 e. The predicted molar refractivity (Wildman–Crippen MR) is 104 cm³/mol. The van der Waals surface area contributed by atoms with Gasteiger partial charge >= 0.3 is 5.97 Å². The van der Waals surface area contributed by atoms with Crippen LogP contribution in [-0.4, -0.2) is 44.9 Å². The van der Waals surface area contributed by atoms with Gasteiger partial charge in [-0.3, -0.25) is 9.63 Å². The fraction of sp³-hybridized carbons (Fsp3) is 0.300. The van der Waals surface area contributed by atoms with E-state index in [-0.39, 0.29) is 16.2 Å². The zero-order valence-corrected chi connectivity index (χ0v) is 17.2. The number of aryl methyl sites for hydroxylation is 2. The van der Waals surface area contributed by atoms with E-state index in [9.17, 15) is 18.0 Å². The first-order chi connectivity index (χ1) is 13.1. The second kappa shape index (κ2) is 8.64. The van der Waals surface area contributed by atoms with Crippen LogP contribution in [0.15, 0.2) is 47.4 Å². The zero-order chi connectivity index (χ0) is 21.1. The number of sulfonamides is 1. The highest BCUT2D eigenvalue weighted by Crippen LogP contribution is 2.18. The summed E-state index contributed by atoms with van der Waals surface area (Å²) in [6.45, 7) is 5.20. The zero-order valence-electron chi connectivity index (χ0n) is 16.4. The van der Waals surface area contributed by atoms with E-state index in [0.717, 1.165) is 11.1 Å². The van der Waals surface area contributed by atoms with Crippen LogP contribution < -0.4 is 0 Å². The van der Waals surface area contributed by atoms with E-state index < -0.39 is 22.1 Å². The number of nitrogens with zero attached hydrogens (tertiary/aromatic N) is 1. The molecule has 0 heterocycles. The van der Waals surface area contributed by atoms with E-state index in [1.807, 2.05) is 26.0 Å². The van der Waals surface area contributed by atoms with Crippen molar-refractivity contribution in [1.29, 1.82) is 0 Å². The lowest BCUT2D eigenvalue weighted by Crippen LogP contribution is -2.26. The monoisotopic (exact) mass is 405 g/mol. The minimum atomic E-state index is -3.81. The number of benzene rings is 2. The van der Waals surface area contributed by atoms with Crippen LogP contribution >= 0.6 is 0 Å². The summed E-state index contributed by atoms with van der Waals surface area (Å²) in [6.07, 6.45) is -0.976. The summed E-state index contributed by atoms with van der Waals surface area (Å²) in [5, 5.41) is 0. The van der Waals surface area contributed by atoms with Gasteiger partial charge in [-0.05, 0) is 56.7 Å². The Hall–Kier alpha value is -2.55. The lowest BCUT2D eigenvalue weighted by Gasteiger charge is -2.15. The van der Waals surface area contributed by atoms with E-state index >= 15 is 0 Å². The Bertz CT molecular complexity index is 982. The van der Waals surface area contributed by atoms with Crippen LogP contribution in [-0.2, 0) is 19.6 Å². The first-order valence-electron chi connectivity index (χ1n) is 8.53. The van der Waals surface area contributed by atoms with E-state index in [2.05, 4.69) is 0 Å². The van der Waals surface area contributed by atoms with Crippen LogP contribution in [0, 0.1) is 13.8 Å². The number of carbonyl (C=O) groups is 2. The highest BCUT2D eigenvalue weighted by Gasteiger charge is 2.24. The van der Waals surface area contributed by atoms with Crippen molar-refractivity contribution >= 4 is 21.8 Å². The number of rotatable bonds is 7. The van der Waals surface area contributed by atoms with E-state index in [1.54, 1.807) is 6.07 Å². The van der Waals surface area contributed by atoms with Gasteiger partial charge in [0.1, 0.15) is 0 Å². The number of hydroxylamine groups is 1. The Morgan fingerprint density at radius 3 is 2.21 bits per heavy atom. The molecule has 0 aliphatic carbocycles. The minimum Gasteiger partial charge on any atom is -0.451 e. The Morgan fingerprint density at radius 1 is 1.04 bits per heavy atom. The number of carbonyl (C=O) groups excluding carboxylic acids is 2. The molecule has 0 amide bonds. The number of hydrogen-bond acceptors (Lipinski definition) is 6. The third-order valence-corrected chi connectivity index (χ3v) is 5.99. The number of ketones is 1. The van der Waals surface area contributed by atoms with Gasteiger partial charge in [0.05, 0.1) is 17.6 Å². The molecule has 0 aliphatic heterocycles. The third kappa shape index (κ3) is 4.64. The summed E-state index contributed by atoms with van der Waals surface area (Å²) < 4.78 is 30.3. The van der Waals surface area contributed by atoms with Gasteiger partial charge < -0.3 is 4.74 Å². The van der Waals surface area contributed by atoms with E-state index in [0.29, 0.717) is 10.0 Å². The van der Waals surface area contributed by atoms with Crippen molar-refractivity contribution < 1.29 is 27.6 Å². The molecule has 0 saturated heterocycles. The summed E-state index contributed by atoms with van der Waals surface area (Å²) in [6, 6.07) is 10.7. The van der Waals surface area contributed by atoms with Crippen LogP contribution in [0.5, 0.6) is 0 Å². The SMILES string of the molecule is CON(C)S(=O)(=O)c1ccc(C(=O)O[C@H](C)C(=O)c2cc(C)ccc2C)cc1. The molecule has 150 valence electrons. The van der Waals surface area contributed by atoms with Crippen molar-refractivity contribution in [2.75, 3.05) is 14.2 Å². The van der Waals surface area contributed by atoms with Crippen molar-refractivity contribution in [1.82, 2.24) is 4.47 Å². The smallest absolute Gasteiger partial charge is 0.338 e. The fourth-order valence-electron chi connectivity index (χ4n) is 2.51. The number of hydrogen-bond donors (Lipinski definition) is 0. The van der Waals surface area contributed by atoms with Crippen LogP contribution in [0.3, 0.4) is 0 Å². The minimum absolute atomic E-state index is 0.0343.